The Bertz CT molecular complexity index is 828. The molecule has 0 aliphatic heterocycles. The van der Waals surface area contributed by atoms with Gasteiger partial charge in [-0.15, -0.1) is 0 Å². The average molecular weight is 793 g/mol. The highest BCUT2D eigenvalue weighted by molar-refractivity contribution is 5.71. The maximum atomic E-state index is 12.6. The van der Waals surface area contributed by atoms with Crippen LogP contribution in [0.4, 0.5) is 0 Å². The summed E-state index contributed by atoms with van der Waals surface area (Å²) in [5, 5.41) is 0. The van der Waals surface area contributed by atoms with Crippen LogP contribution in [-0.2, 0) is 28.6 Å². The highest BCUT2D eigenvalue weighted by Crippen LogP contribution is 2.17. The number of rotatable bonds is 46. The lowest BCUT2D eigenvalue weighted by Crippen LogP contribution is -2.30. The van der Waals surface area contributed by atoms with Crippen molar-refractivity contribution in [3.05, 3.63) is 0 Å². The van der Waals surface area contributed by atoms with Crippen LogP contribution in [0.25, 0.3) is 0 Å². The van der Waals surface area contributed by atoms with Gasteiger partial charge >= 0.3 is 17.9 Å². The van der Waals surface area contributed by atoms with Crippen LogP contribution in [0.15, 0.2) is 0 Å². The molecule has 0 rings (SSSR count). The lowest BCUT2D eigenvalue weighted by molar-refractivity contribution is -0.167. The molecule has 0 aromatic rings. The van der Waals surface area contributed by atoms with Crippen LogP contribution in [0.2, 0.25) is 0 Å². The highest BCUT2D eigenvalue weighted by Gasteiger charge is 2.19. The van der Waals surface area contributed by atoms with Gasteiger partial charge in [-0.05, 0) is 19.3 Å². The number of carbonyl (C=O) groups excluding carboxylic acids is 3. The van der Waals surface area contributed by atoms with Gasteiger partial charge < -0.3 is 14.2 Å². The number of ether oxygens (including phenoxy) is 3. The van der Waals surface area contributed by atoms with E-state index in [9.17, 15) is 14.4 Å². The van der Waals surface area contributed by atoms with E-state index in [0.29, 0.717) is 19.3 Å². The fourth-order valence-electron chi connectivity index (χ4n) is 7.56. The average Bonchev–Trinajstić information content (AvgIpc) is 3.19. The van der Waals surface area contributed by atoms with E-state index in [4.69, 9.17) is 14.2 Å². The van der Waals surface area contributed by atoms with E-state index in [2.05, 4.69) is 20.8 Å². The van der Waals surface area contributed by atoms with Gasteiger partial charge in [-0.25, -0.2) is 0 Å². The Labute approximate surface area is 348 Å². The van der Waals surface area contributed by atoms with Gasteiger partial charge in [0.2, 0.25) is 0 Å². The van der Waals surface area contributed by atoms with Crippen molar-refractivity contribution in [3.8, 4) is 0 Å². The molecule has 0 unspecified atom stereocenters. The Morgan fingerprint density at radius 2 is 0.482 bits per heavy atom. The summed E-state index contributed by atoms with van der Waals surface area (Å²) in [5.74, 6) is -0.860. The summed E-state index contributed by atoms with van der Waals surface area (Å²) in [4.78, 5) is 37.6. The van der Waals surface area contributed by atoms with Crippen molar-refractivity contribution in [3.63, 3.8) is 0 Å². The molecule has 56 heavy (non-hydrogen) atoms. The van der Waals surface area contributed by atoms with Gasteiger partial charge in [0.25, 0.3) is 0 Å². The van der Waals surface area contributed by atoms with E-state index in [-0.39, 0.29) is 31.1 Å². The first-order chi connectivity index (χ1) is 27.5. The molecule has 0 aromatic heterocycles. The van der Waals surface area contributed by atoms with Crippen LogP contribution in [0.3, 0.4) is 0 Å². The number of hydrogen-bond acceptors (Lipinski definition) is 6. The second kappa shape index (κ2) is 46.1. The van der Waals surface area contributed by atoms with Crippen molar-refractivity contribution < 1.29 is 28.6 Å². The third kappa shape index (κ3) is 43.5. The van der Waals surface area contributed by atoms with Crippen molar-refractivity contribution in [1.82, 2.24) is 0 Å². The van der Waals surface area contributed by atoms with Gasteiger partial charge in [-0.1, -0.05) is 245 Å². The van der Waals surface area contributed by atoms with Gasteiger partial charge in [0, 0.05) is 19.3 Å². The molecule has 0 aliphatic rings. The lowest BCUT2D eigenvalue weighted by Gasteiger charge is -2.18. The van der Waals surface area contributed by atoms with Gasteiger partial charge in [0.05, 0.1) is 0 Å². The second-order valence-electron chi connectivity index (χ2n) is 17.1. The monoisotopic (exact) mass is 793 g/mol. The molecule has 0 amide bonds. The summed E-state index contributed by atoms with van der Waals surface area (Å²) in [6.45, 7) is 6.60. The van der Waals surface area contributed by atoms with E-state index in [1.807, 2.05) is 0 Å². The third-order valence-electron chi connectivity index (χ3n) is 11.4. The lowest BCUT2D eigenvalue weighted by atomic mass is 10.0. The topological polar surface area (TPSA) is 78.9 Å². The molecule has 0 saturated carbocycles. The smallest absolute Gasteiger partial charge is 0.306 e. The zero-order valence-corrected chi connectivity index (χ0v) is 37.9. The molecule has 0 aliphatic carbocycles. The van der Waals surface area contributed by atoms with Gasteiger partial charge in [-0.3, -0.25) is 14.4 Å². The summed E-state index contributed by atoms with van der Waals surface area (Å²) in [6.07, 6.45) is 48.4. The number of esters is 3. The maximum Gasteiger partial charge on any atom is 0.306 e. The van der Waals surface area contributed by atoms with Crippen LogP contribution in [0, 0.1) is 0 Å². The summed E-state index contributed by atoms with van der Waals surface area (Å²) < 4.78 is 16.7. The molecule has 0 heterocycles. The van der Waals surface area contributed by atoms with E-state index in [0.717, 1.165) is 64.2 Å². The predicted octanol–water partition coefficient (Wildman–Crippen LogP) is 16.0. The number of unbranched alkanes of at least 4 members (excludes halogenated alkanes) is 35. The fraction of sp³-hybridized carbons (Fsp3) is 0.940. The van der Waals surface area contributed by atoms with Gasteiger partial charge in [0.15, 0.2) is 6.10 Å². The second-order valence-corrected chi connectivity index (χ2v) is 17.1. The minimum absolute atomic E-state index is 0.0638. The van der Waals surface area contributed by atoms with Crippen LogP contribution < -0.4 is 0 Å². The molecule has 0 N–H and O–H groups in total. The molecule has 0 fully saturated rings. The molecule has 332 valence electrons. The van der Waals surface area contributed by atoms with Gasteiger partial charge in [0.1, 0.15) is 13.2 Å². The molecule has 0 spiro atoms. The van der Waals surface area contributed by atoms with Crippen molar-refractivity contribution in [2.45, 2.75) is 290 Å². The zero-order chi connectivity index (χ0) is 40.8. The van der Waals surface area contributed by atoms with E-state index >= 15 is 0 Å². The minimum Gasteiger partial charge on any atom is -0.462 e. The van der Waals surface area contributed by atoms with Gasteiger partial charge in [-0.2, -0.15) is 0 Å². The van der Waals surface area contributed by atoms with Crippen LogP contribution in [-0.4, -0.2) is 37.2 Å². The molecular weight excluding hydrogens is 697 g/mol. The Morgan fingerprint density at radius 3 is 0.714 bits per heavy atom. The molecule has 6 heteroatoms. The Kier molecular flexibility index (Phi) is 44.8. The van der Waals surface area contributed by atoms with Crippen molar-refractivity contribution in [2.75, 3.05) is 13.2 Å². The van der Waals surface area contributed by atoms with Crippen LogP contribution in [0.1, 0.15) is 284 Å². The molecule has 1 atom stereocenters. The van der Waals surface area contributed by atoms with Crippen molar-refractivity contribution >= 4 is 17.9 Å². The molecule has 0 saturated heterocycles. The Balaban J connectivity index is 4.06. The van der Waals surface area contributed by atoms with E-state index in [1.165, 1.54) is 180 Å². The summed E-state index contributed by atoms with van der Waals surface area (Å²) in [6, 6.07) is 0. The largest absolute Gasteiger partial charge is 0.462 e. The molecule has 0 radical (unpaired) electrons. The molecule has 6 nitrogen and oxygen atoms in total. The molecule has 0 bridgehead atoms. The molecular formula is C50H96O6. The first kappa shape index (κ1) is 54.4. The Morgan fingerprint density at radius 1 is 0.286 bits per heavy atom. The maximum absolute atomic E-state index is 12.6. The molecule has 0 aromatic carbocycles. The van der Waals surface area contributed by atoms with Crippen LogP contribution in [0.5, 0.6) is 0 Å². The third-order valence-corrected chi connectivity index (χ3v) is 11.4. The zero-order valence-electron chi connectivity index (χ0n) is 37.9. The normalized spacial score (nSPS) is 11.8. The SMILES string of the molecule is CCCCCCCCCCCCCCCCCCCC(=O)OC[C@@H](COC(=O)CCCCCCCCCCCCCCCCCC)OC(=O)CCCCCCC. The minimum atomic E-state index is -0.757. The van der Waals surface area contributed by atoms with Crippen molar-refractivity contribution in [1.29, 1.82) is 0 Å². The first-order valence-electron chi connectivity index (χ1n) is 25.0. The van der Waals surface area contributed by atoms with E-state index in [1.54, 1.807) is 0 Å². The van der Waals surface area contributed by atoms with Crippen LogP contribution >= 0.6 is 0 Å². The standard InChI is InChI=1S/C50H96O6/c1-4-7-10-13-15-17-19-21-23-25-27-29-31-33-35-38-40-43-49(52)55-46-47(56-50(53)44-41-36-12-9-6-3)45-54-48(51)42-39-37-34-32-30-28-26-24-22-20-18-16-14-11-8-5-2/h47H,4-46H2,1-3H3/t47-/m1/s1. The number of hydrogen-bond donors (Lipinski definition) is 0. The summed E-state index contributed by atoms with van der Waals surface area (Å²) >= 11 is 0. The highest BCUT2D eigenvalue weighted by atomic mass is 16.6. The summed E-state index contributed by atoms with van der Waals surface area (Å²) in [7, 11) is 0. The number of carbonyl (C=O) groups is 3. The first-order valence-corrected chi connectivity index (χ1v) is 25.0. The Hall–Kier alpha value is -1.59. The van der Waals surface area contributed by atoms with E-state index < -0.39 is 6.10 Å². The van der Waals surface area contributed by atoms with Crippen molar-refractivity contribution in [2.24, 2.45) is 0 Å². The summed E-state index contributed by atoms with van der Waals surface area (Å²) in [5.41, 5.74) is 0. The fourth-order valence-corrected chi connectivity index (χ4v) is 7.56. The quantitative estimate of drug-likeness (QED) is 0.0347. The predicted molar refractivity (Wildman–Crippen MR) is 238 cm³/mol.